The number of hydrogen-bond donors (Lipinski definition) is 0. The summed E-state index contributed by atoms with van der Waals surface area (Å²) in [7, 11) is 0. The van der Waals surface area contributed by atoms with E-state index in [0.29, 0.717) is 0 Å². The summed E-state index contributed by atoms with van der Waals surface area (Å²) >= 11 is 1.70. The highest BCUT2D eigenvalue weighted by atomic mass is 32.2. The van der Waals surface area contributed by atoms with Crippen LogP contribution in [0.5, 0.6) is 0 Å². The maximum atomic E-state index is 13.4. The van der Waals surface area contributed by atoms with E-state index in [0.717, 1.165) is 48.5 Å². The van der Waals surface area contributed by atoms with Crippen molar-refractivity contribution in [1.82, 2.24) is 19.7 Å². The van der Waals surface area contributed by atoms with Crippen molar-refractivity contribution in [2.24, 2.45) is 0 Å². The summed E-state index contributed by atoms with van der Waals surface area (Å²) in [5.41, 5.74) is 2.23. The Morgan fingerprint density at radius 2 is 1.64 bits per heavy atom. The van der Waals surface area contributed by atoms with E-state index < -0.39 is 0 Å². The summed E-state index contributed by atoms with van der Waals surface area (Å²) in [6.45, 7) is 2.99. The van der Waals surface area contributed by atoms with Crippen LogP contribution in [-0.2, 0) is 13.0 Å². The van der Waals surface area contributed by atoms with Crippen molar-refractivity contribution >= 4 is 11.8 Å². The van der Waals surface area contributed by atoms with Crippen LogP contribution in [0.2, 0.25) is 0 Å². The van der Waals surface area contributed by atoms with Crippen LogP contribution in [0.3, 0.4) is 0 Å². The molecule has 28 heavy (non-hydrogen) atoms. The summed E-state index contributed by atoms with van der Waals surface area (Å²) in [5.74, 6) is 1.62. The molecule has 3 aromatic rings. The molecule has 0 aliphatic carbocycles. The molecule has 2 aromatic carbocycles. The first-order chi connectivity index (χ1) is 13.8. The number of aromatic nitrogens is 3. The minimum atomic E-state index is -0.229. The standard InChI is InChI=1S/C22H25FN4S/c23-19-9-11-20(12-10-19)27-21(17-26-14-5-2-6-15-26)24-25-22(27)28-16-13-18-7-3-1-4-8-18/h1,3-4,7-12H,2,5-6,13-17H2. The molecule has 2 heterocycles. The minimum absolute atomic E-state index is 0.229. The van der Waals surface area contributed by atoms with Crippen LogP contribution < -0.4 is 0 Å². The Bertz CT molecular complexity index is 873. The number of benzene rings is 2. The number of likely N-dealkylation sites (tertiary alicyclic amines) is 1. The van der Waals surface area contributed by atoms with Crippen LogP contribution in [0, 0.1) is 5.82 Å². The number of halogens is 1. The molecular formula is C22H25FN4S. The molecule has 4 nitrogen and oxygen atoms in total. The molecule has 0 radical (unpaired) electrons. The smallest absolute Gasteiger partial charge is 0.195 e. The van der Waals surface area contributed by atoms with Gasteiger partial charge in [-0.1, -0.05) is 48.5 Å². The quantitative estimate of drug-likeness (QED) is 0.541. The zero-order valence-corrected chi connectivity index (χ0v) is 16.7. The highest BCUT2D eigenvalue weighted by Crippen LogP contribution is 2.24. The van der Waals surface area contributed by atoms with E-state index >= 15 is 0 Å². The third kappa shape index (κ3) is 4.80. The van der Waals surface area contributed by atoms with Crippen LogP contribution in [-0.4, -0.2) is 38.5 Å². The lowest BCUT2D eigenvalue weighted by molar-refractivity contribution is 0.214. The van der Waals surface area contributed by atoms with Gasteiger partial charge in [0.1, 0.15) is 5.82 Å². The summed E-state index contributed by atoms with van der Waals surface area (Å²) in [4.78, 5) is 2.44. The van der Waals surface area contributed by atoms with Gasteiger partial charge in [-0.15, -0.1) is 10.2 Å². The Morgan fingerprint density at radius 3 is 2.39 bits per heavy atom. The second-order valence-corrected chi connectivity index (χ2v) is 8.19. The molecule has 6 heteroatoms. The topological polar surface area (TPSA) is 34.0 Å². The van der Waals surface area contributed by atoms with Crippen LogP contribution in [0.15, 0.2) is 59.8 Å². The number of aryl methyl sites for hydroxylation is 1. The molecule has 0 amide bonds. The van der Waals surface area contributed by atoms with Crippen molar-refractivity contribution in [2.45, 2.75) is 37.4 Å². The van der Waals surface area contributed by atoms with Gasteiger partial charge in [-0.2, -0.15) is 0 Å². The molecule has 0 saturated carbocycles. The summed E-state index contributed by atoms with van der Waals surface area (Å²) in [5, 5.41) is 9.83. The fourth-order valence-corrected chi connectivity index (χ4v) is 4.53. The third-order valence-corrected chi connectivity index (χ3v) is 5.99. The lowest BCUT2D eigenvalue weighted by Crippen LogP contribution is -2.30. The molecule has 0 atom stereocenters. The lowest BCUT2D eigenvalue weighted by atomic mass is 10.1. The fraction of sp³-hybridized carbons (Fsp3) is 0.364. The molecule has 1 aliphatic rings. The molecule has 0 spiro atoms. The van der Waals surface area contributed by atoms with Crippen molar-refractivity contribution < 1.29 is 4.39 Å². The highest BCUT2D eigenvalue weighted by molar-refractivity contribution is 7.99. The maximum Gasteiger partial charge on any atom is 0.195 e. The van der Waals surface area contributed by atoms with E-state index in [4.69, 9.17) is 0 Å². The van der Waals surface area contributed by atoms with Gasteiger partial charge in [0.05, 0.1) is 6.54 Å². The van der Waals surface area contributed by atoms with Gasteiger partial charge in [0.15, 0.2) is 11.0 Å². The summed E-state index contributed by atoms with van der Waals surface area (Å²) in [6.07, 6.45) is 4.76. The molecular weight excluding hydrogens is 371 g/mol. The Morgan fingerprint density at radius 1 is 0.893 bits per heavy atom. The lowest BCUT2D eigenvalue weighted by Gasteiger charge is -2.26. The average molecular weight is 397 g/mol. The normalized spacial score (nSPS) is 15.0. The Labute approximate surface area is 169 Å². The maximum absolute atomic E-state index is 13.4. The predicted molar refractivity (Wildman–Crippen MR) is 111 cm³/mol. The van der Waals surface area contributed by atoms with E-state index in [-0.39, 0.29) is 5.82 Å². The van der Waals surface area contributed by atoms with E-state index in [2.05, 4.69) is 43.9 Å². The Kier molecular flexibility index (Phi) is 6.39. The van der Waals surface area contributed by atoms with Crippen molar-refractivity contribution in [3.63, 3.8) is 0 Å². The van der Waals surface area contributed by atoms with Gasteiger partial charge in [-0.25, -0.2) is 4.39 Å². The van der Waals surface area contributed by atoms with E-state index in [1.54, 1.807) is 23.9 Å². The molecule has 1 fully saturated rings. The van der Waals surface area contributed by atoms with Gasteiger partial charge in [0.25, 0.3) is 0 Å². The van der Waals surface area contributed by atoms with Crippen LogP contribution in [0.1, 0.15) is 30.7 Å². The van der Waals surface area contributed by atoms with E-state index in [1.165, 1.54) is 37.0 Å². The molecule has 146 valence electrons. The van der Waals surface area contributed by atoms with Crippen LogP contribution in [0.25, 0.3) is 5.69 Å². The molecule has 1 saturated heterocycles. The first-order valence-corrected chi connectivity index (χ1v) is 10.9. The van der Waals surface area contributed by atoms with Crippen LogP contribution >= 0.6 is 11.8 Å². The number of hydrogen-bond acceptors (Lipinski definition) is 4. The number of nitrogens with zero attached hydrogens (tertiary/aromatic N) is 4. The summed E-state index contributed by atoms with van der Waals surface area (Å²) < 4.78 is 15.5. The third-order valence-electron chi connectivity index (χ3n) is 5.06. The van der Waals surface area contributed by atoms with E-state index in [9.17, 15) is 4.39 Å². The molecule has 0 bridgehead atoms. The summed E-state index contributed by atoms with van der Waals surface area (Å²) in [6, 6.07) is 17.1. The van der Waals surface area contributed by atoms with Gasteiger partial charge < -0.3 is 0 Å². The zero-order valence-electron chi connectivity index (χ0n) is 15.9. The number of thioether (sulfide) groups is 1. The SMILES string of the molecule is Fc1ccc(-n2c(CN3CCCCC3)nnc2SCCc2ccccc2)cc1. The number of rotatable bonds is 7. The van der Waals surface area contributed by atoms with Crippen molar-refractivity contribution in [3.8, 4) is 5.69 Å². The van der Waals surface area contributed by atoms with Crippen LogP contribution in [0.4, 0.5) is 4.39 Å². The van der Waals surface area contributed by atoms with Gasteiger partial charge in [-0.3, -0.25) is 9.47 Å². The van der Waals surface area contributed by atoms with Gasteiger partial charge in [0, 0.05) is 11.4 Å². The zero-order chi connectivity index (χ0) is 19.2. The first kappa shape index (κ1) is 19.2. The fourth-order valence-electron chi connectivity index (χ4n) is 3.57. The second-order valence-electron chi connectivity index (χ2n) is 7.13. The second kappa shape index (κ2) is 9.34. The van der Waals surface area contributed by atoms with Crippen molar-refractivity contribution in [1.29, 1.82) is 0 Å². The average Bonchev–Trinajstić information content (AvgIpc) is 3.12. The van der Waals surface area contributed by atoms with E-state index in [1.807, 2.05) is 6.07 Å². The Hall–Kier alpha value is -2.18. The minimum Gasteiger partial charge on any atom is -0.296 e. The highest BCUT2D eigenvalue weighted by Gasteiger charge is 2.18. The van der Waals surface area contributed by atoms with Gasteiger partial charge in [-0.05, 0) is 62.2 Å². The molecule has 0 N–H and O–H groups in total. The molecule has 1 aliphatic heterocycles. The van der Waals surface area contributed by atoms with Gasteiger partial charge in [0.2, 0.25) is 0 Å². The van der Waals surface area contributed by atoms with Gasteiger partial charge >= 0.3 is 0 Å². The van der Waals surface area contributed by atoms with Crippen molar-refractivity contribution in [2.75, 3.05) is 18.8 Å². The number of piperidine rings is 1. The first-order valence-electron chi connectivity index (χ1n) is 9.89. The molecule has 4 rings (SSSR count). The van der Waals surface area contributed by atoms with Crippen molar-refractivity contribution in [3.05, 3.63) is 71.8 Å². The predicted octanol–water partition coefficient (Wildman–Crippen LogP) is 4.73. The monoisotopic (exact) mass is 396 g/mol. The largest absolute Gasteiger partial charge is 0.296 e. The molecule has 1 aromatic heterocycles. The Balaban J connectivity index is 1.53. The molecule has 0 unspecified atom stereocenters.